The monoisotopic (exact) mass is 250 g/mol. The Morgan fingerprint density at radius 1 is 1.56 bits per heavy atom. The second-order valence-corrected chi connectivity index (χ2v) is 6.38. The average molecular weight is 250 g/mol. The molecule has 0 spiro atoms. The lowest BCUT2D eigenvalue weighted by atomic mass is 10.1. The van der Waals surface area contributed by atoms with Gasteiger partial charge in [-0.3, -0.25) is 0 Å². The van der Waals surface area contributed by atoms with Gasteiger partial charge in [-0.05, 0) is 19.3 Å². The highest BCUT2D eigenvalue weighted by Gasteiger charge is 2.33. The number of sulfonamides is 1. The maximum atomic E-state index is 12.2. The maximum Gasteiger partial charge on any atom is 0.218 e. The molecule has 6 heteroatoms. The van der Waals surface area contributed by atoms with Gasteiger partial charge in [0.15, 0.2) is 0 Å². The smallest absolute Gasteiger partial charge is 0.218 e. The highest BCUT2D eigenvalue weighted by atomic mass is 32.2. The summed E-state index contributed by atoms with van der Waals surface area (Å²) < 4.78 is 31.2. The summed E-state index contributed by atoms with van der Waals surface area (Å²) in [6, 6.07) is 0. The van der Waals surface area contributed by atoms with Crippen molar-refractivity contribution in [3.05, 3.63) is 0 Å². The van der Waals surface area contributed by atoms with E-state index >= 15 is 0 Å². The van der Waals surface area contributed by atoms with Crippen LogP contribution >= 0.6 is 0 Å². The van der Waals surface area contributed by atoms with Gasteiger partial charge in [0.1, 0.15) is 0 Å². The van der Waals surface area contributed by atoms with Gasteiger partial charge >= 0.3 is 0 Å². The largest absolute Gasteiger partial charge is 0.380 e. The Kier molecular flexibility index (Phi) is 5.17. The van der Waals surface area contributed by atoms with E-state index in [4.69, 9.17) is 10.5 Å². The normalized spacial score (nSPS) is 25.6. The van der Waals surface area contributed by atoms with Crippen LogP contribution in [-0.2, 0) is 14.8 Å². The highest BCUT2D eigenvalue weighted by Crippen LogP contribution is 2.19. The van der Waals surface area contributed by atoms with Gasteiger partial charge in [0.25, 0.3) is 0 Å². The van der Waals surface area contributed by atoms with E-state index in [0.717, 1.165) is 12.8 Å². The predicted octanol–water partition coefficient (Wildman–Crippen LogP) is 0.164. The van der Waals surface area contributed by atoms with Gasteiger partial charge < -0.3 is 10.5 Å². The lowest BCUT2D eigenvalue weighted by Crippen LogP contribution is -2.48. The number of nitrogens with two attached hydrogens (primary N) is 1. The molecule has 16 heavy (non-hydrogen) atoms. The van der Waals surface area contributed by atoms with Crippen LogP contribution in [-0.4, -0.2) is 50.8 Å². The van der Waals surface area contributed by atoms with Crippen molar-refractivity contribution < 1.29 is 13.2 Å². The van der Waals surface area contributed by atoms with Crippen LogP contribution in [0.15, 0.2) is 0 Å². The van der Waals surface area contributed by atoms with Crippen LogP contribution in [0.3, 0.4) is 0 Å². The van der Waals surface area contributed by atoms with Crippen molar-refractivity contribution in [2.24, 2.45) is 5.73 Å². The van der Waals surface area contributed by atoms with Crippen molar-refractivity contribution in [1.29, 1.82) is 0 Å². The van der Waals surface area contributed by atoms with Crippen molar-refractivity contribution in [2.75, 3.05) is 26.7 Å². The van der Waals surface area contributed by atoms with E-state index in [1.54, 1.807) is 7.11 Å². The van der Waals surface area contributed by atoms with Crippen LogP contribution in [0.25, 0.3) is 0 Å². The molecule has 0 aliphatic carbocycles. The molecular formula is C10H22N2O3S. The first-order valence-corrected chi connectivity index (χ1v) is 7.28. The summed E-state index contributed by atoms with van der Waals surface area (Å²) >= 11 is 0. The summed E-state index contributed by atoms with van der Waals surface area (Å²) in [7, 11) is -1.61. The number of hydrogen-bond donors (Lipinski definition) is 1. The molecule has 1 aliphatic heterocycles. The highest BCUT2D eigenvalue weighted by molar-refractivity contribution is 7.89. The molecule has 1 fully saturated rings. The number of hydrogen-bond acceptors (Lipinski definition) is 4. The molecule has 0 amide bonds. The number of ether oxygens (including phenoxy) is 1. The Labute approximate surface area is 98.0 Å². The minimum Gasteiger partial charge on any atom is -0.380 e. The fraction of sp³-hybridized carbons (Fsp3) is 1.00. The Morgan fingerprint density at radius 2 is 2.25 bits per heavy atom. The standard InChI is InChI=1S/C10H22N2O3S/c1-3-10(7-11)16(13,14)12-6-4-5-9(8-12)15-2/h9-10H,3-8,11H2,1-2H3. The fourth-order valence-electron chi connectivity index (χ4n) is 2.04. The summed E-state index contributed by atoms with van der Waals surface area (Å²) in [6.07, 6.45) is 2.38. The van der Waals surface area contributed by atoms with E-state index in [9.17, 15) is 8.42 Å². The molecule has 1 rings (SSSR count). The Morgan fingerprint density at radius 3 is 2.75 bits per heavy atom. The third-order valence-electron chi connectivity index (χ3n) is 3.17. The summed E-state index contributed by atoms with van der Waals surface area (Å²) in [5, 5.41) is -0.455. The molecule has 96 valence electrons. The van der Waals surface area contributed by atoms with Crippen molar-refractivity contribution in [3.8, 4) is 0 Å². The first-order chi connectivity index (χ1) is 7.56. The van der Waals surface area contributed by atoms with E-state index in [-0.39, 0.29) is 12.6 Å². The van der Waals surface area contributed by atoms with Crippen LogP contribution < -0.4 is 5.73 Å². The molecule has 0 aromatic rings. The first-order valence-electron chi connectivity index (χ1n) is 5.78. The van der Waals surface area contributed by atoms with Gasteiger partial charge in [0, 0.05) is 26.7 Å². The minimum absolute atomic E-state index is 0.0267. The molecule has 2 atom stereocenters. The molecular weight excluding hydrogens is 228 g/mol. The van der Waals surface area contributed by atoms with E-state index < -0.39 is 15.3 Å². The minimum atomic E-state index is -3.24. The summed E-state index contributed by atoms with van der Waals surface area (Å²) in [6.45, 7) is 3.10. The van der Waals surface area contributed by atoms with Gasteiger partial charge in [-0.1, -0.05) is 6.92 Å². The molecule has 2 unspecified atom stereocenters. The predicted molar refractivity (Wildman–Crippen MR) is 63.7 cm³/mol. The topological polar surface area (TPSA) is 72.6 Å². The first kappa shape index (κ1) is 13.9. The van der Waals surface area contributed by atoms with Crippen molar-refractivity contribution in [1.82, 2.24) is 4.31 Å². The molecule has 1 heterocycles. The summed E-state index contributed by atoms with van der Waals surface area (Å²) in [5.41, 5.74) is 5.51. The quantitative estimate of drug-likeness (QED) is 0.754. The van der Waals surface area contributed by atoms with Crippen molar-refractivity contribution >= 4 is 10.0 Å². The van der Waals surface area contributed by atoms with Gasteiger partial charge in [0.05, 0.1) is 11.4 Å². The molecule has 1 aliphatic rings. The van der Waals surface area contributed by atoms with Crippen LogP contribution in [0.1, 0.15) is 26.2 Å². The second kappa shape index (κ2) is 5.95. The van der Waals surface area contributed by atoms with Gasteiger partial charge in [-0.2, -0.15) is 4.31 Å². The van der Waals surface area contributed by atoms with Gasteiger partial charge in [-0.25, -0.2) is 8.42 Å². The van der Waals surface area contributed by atoms with Crippen LogP contribution in [0.4, 0.5) is 0 Å². The third-order valence-corrected chi connectivity index (χ3v) is 5.59. The lowest BCUT2D eigenvalue weighted by molar-refractivity contribution is 0.0569. The van der Waals surface area contributed by atoms with Crippen LogP contribution in [0.5, 0.6) is 0 Å². The van der Waals surface area contributed by atoms with Gasteiger partial charge in [0.2, 0.25) is 10.0 Å². The zero-order chi connectivity index (χ0) is 12.2. The number of rotatable bonds is 5. The number of methoxy groups -OCH3 is 1. The van der Waals surface area contributed by atoms with Crippen LogP contribution in [0.2, 0.25) is 0 Å². The summed E-state index contributed by atoms with van der Waals surface area (Å²) in [5.74, 6) is 0. The molecule has 0 bridgehead atoms. The molecule has 5 nitrogen and oxygen atoms in total. The molecule has 0 aromatic heterocycles. The zero-order valence-electron chi connectivity index (χ0n) is 10.1. The molecule has 0 radical (unpaired) electrons. The van der Waals surface area contributed by atoms with Gasteiger partial charge in [-0.15, -0.1) is 0 Å². The van der Waals surface area contributed by atoms with E-state index in [2.05, 4.69) is 0 Å². The van der Waals surface area contributed by atoms with Crippen molar-refractivity contribution in [3.63, 3.8) is 0 Å². The lowest BCUT2D eigenvalue weighted by Gasteiger charge is -2.33. The fourth-order valence-corrected chi connectivity index (χ4v) is 3.88. The Balaban J connectivity index is 2.75. The molecule has 1 saturated heterocycles. The average Bonchev–Trinajstić information content (AvgIpc) is 2.30. The number of piperidine rings is 1. The van der Waals surface area contributed by atoms with E-state index in [1.807, 2.05) is 6.92 Å². The molecule has 0 saturated carbocycles. The molecule has 0 aromatic carbocycles. The summed E-state index contributed by atoms with van der Waals surface area (Å²) in [4.78, 5) is 0. The molecule has 2 N–H and O–H groups in total. The Hall–Kier alpha value is -0.170. The second-order valence-electron chi connectivity index (χ2n) is 4.17. The zero-order valence-corrected chi connectivity index (χ0v) is 10.9. The SMILES string of the molecule is CCC(CN)S(=O)(=O)N1CCCC(OC)C1. The third kappa shape index (κ3) is 2.94. The van der Waals surface area contributed by atoms with Crippen molar-refractivity contribution in [2.45, 2.75) is 37.5 Å². The number of nitrogens with zero attached hydrogens (tertiary/aromatic N) is 1. The maximum absolute atomic E-state index is 12.2. The van der Waals surface area contributed by atoms with E-state index in [1.165, 1.54) is 4.31 Å². The van der Waals surface area contributed by atoms with Crippen LogP contribution in [0, 0.1) is 0 Å². The van der Waals surface area contributed by atoms with E-state index in [0.29, 0.717) is 19.5 Å². The Bertz CT molecular complexity index is 301.